The highest BCUT2D eigenvalue weighted by Gasteiger charge is 2.47. The maximum atomic E-state index is 12.3. The van der Waals surface area contributed by atoms with Gasteiger partial charge in [0, 0.05) is 17.3 Å². The van der Waals surface area contributed by atoms with Crippen LogP contribution in [-0.2, 0) is 25.7 Å². The first-order chi connectivity index (χ1) is 16.0. The van der Waals surface area contributed by atoms with Gasteiger partial charge in [-0.2, -0.15) is 10.1 Å². The number of hydrogen-bond acceptors (Lipinski definition) is 6. The van der Waals surface area contributed by atoms with E-state index >= 15 is 0 Å². The number of nitrogens with one attached hydrogen (secondary N) is 2. The Bertz CT molecular complexity index is 1150. The minimum atomic E-state index is -1.08. The molecule has 180 valence electrons. The van der Waals surface area contributed by atoms with E-state index in [9.17, 15) is 19.2 Å². The molecule has 1 unspecified atom stereocenters. The van der Waals surface area contributed by atoms with Gasteiger partial charge in [0.2, 0.25) is 0 Å². The van der Waals surface area contributed by atoms with Crippen LogP contribution < -0.4 is 10.7 Å². The number of benzene rings is 1. The van der Waals surface area contributed by atoms with Crippen LogP contribution >= 0.6 is 0 Å². The van der Waals surface area contributed by atoms with E-state index in [1.807, 2.05) is 49.7 Å². The molecular formula is C24H29N5O5. The number of ether oxygens (including phenoxy) is 1. The summed E-state index contributed by atoms with van der Waals surface area (Å²) < 4.78 is 6.81. The predicted octanol–water partition coefficient (Wildman–Crippen LogP) is 2.16. The van der Waals surface area contributed by atoms with E-state index < -0.39 is 36.0 Å². The second kappa shape index (κ2) is 9.90. The Balaban J connectivity index is 1.55. The van der Waals surface area contributed by atoms with Crippen LogP contribution in [0.15, 0.2) is 30.3 Å². The summed E-state index contributed by atoms with van der Waals surface area (Å²) in [5.74, 6) is -2.12. The number of hydrazine groups is 1. The van der Waals surface area contributed by atoms with Crippen LogP contribution in [-0.4, -0.2) is 50.7 Å². The largest absolute Gasteiger partial charge is 0.452 e. The number of rotatable bonds is 8. The van der Waals surface area contributed by atoms with Crippen molar-refractivity contribution in [2.45, 2.75) is 53.1 Å². The van der Waals surface area contributed by atoms with Gasteiger partial charge in [0.15, 0.2) is 6.61 Å². The summed E-state index contributed by atoms with van der Waals surface area (Å²) in [4.78, 5) is 48.4. The predicted molar refractivity (Wildman–Crippen MR) is 124 cm³/mol. The van der Waals surface area contributed by atoms with Gasteiger partial charge in [0.25, 0.3) is 11.8 Å². The molecule has 1 aromatic carbocycles. The number of amides is 4. The molecule has 2 heterocycles. The monoisotopic (exact) mass is 467 g/mol. The van der Waals surface area contributed by atoms with Gasteiger partial charge in [-0.15, -0.1) is 0 Å². The van der Waals surface area contributed by atoms with Crippen molar-refractivity contribution in [2.75, 3.05) is 6.61 Å². The van der Waals surface area contributed by atoms with Crippen molar-refractivity contribution >= 4 is 29.9 Å². The molecule has 34 heavy (non-hydrogen) atoms. The summed E-state index contributed by atoms with van der Waals surface area (Å²) in [6, 6.07) is 7.45. The summed E-state index contributed by atoms with van der Waals surface area (Å²) in [6.45, 7) is 9.06. The van der Waals surface area contributed by atoms with Crippen LogP contribution in [0.25, 0.3) is 6.08 Å². The number of nitrogens with zero attached hydrogens (tertiary/aromatic N) is 3. The molecule has 1 aliphatic rings. The van der Waals surface area contributed by atoms with Crippen LogP contribution in [0.5, 0.6) is 0 Å². The summed E-state index contributed by atoms with van der Waals surface area (Å²) in [7, 11) is 0. The Morgan fingerprint density at radius 1 is 1.18 bits per heavy atom. The minimum absolute atomic E-state index is 0.365. The molecule has 4 amide bonds. The van der Waals surface area contributed by atoms with Crippen LogP contribution in [0.1, 0.15) is 48.3 Å². The first kappa shape index (κ1) is 24.7. The molecule has 0 saturated carbocycles. The van der Waals surface area contributed by atoms with Crippen LogP contribution in [0.2, 0.25) is 0 Å². The molecule has 2 N–H and O–H groups in total. The average molecular weight is 468 g/mol. The van der Waals surface area contributed by atoms with E-state index in [-0.39, 0.29) is 0 Å². The summed E-state index contributed by atoms with van der Waals surface area (Å²) in [5.41, 5.74) is 5.80. The van der Waals surface area contributed by atoms with Gasteiger partial charge in [-0.05, 0) is 45.8 Å². The molecule has 0 bridgehead atoms. The Morgan fingerprint density at radius 3 is 2.47 bits per heavy atom. The first-order valence-corrected chi connectivity index (χ1v) is 10.9. The normalized spacial score (nSPS) is 17.9. The first-order valence-electron chi connectivity index (χ1n) is 10.9. The molecule has 2 aromatic rings. The second-order valence-electron chi connectivity index (χ2n) is 8.46. The molecule has 1 saturated heterocycles. The van der Waals surface area contributed by atoms with Gasteiger partial charge in [0.1, 0.15) is 5.54 Å². The lowest BCUT2D eigenvalue weighted by Crippen LogP contribution is -2.49. The number of esters is 1. The zero-order chi connectivity index (χ0) is 25.0. The molecule has 1 fully saturated rings. The quantitative estimate of drug-likeness (QED) is 0.349. The van der Waals surface area contributed by atoms with Gasteiger partial charge in [0.05, 0.1) is 12.2 Å². The third-order valence-electron chi connectivity index (χ3n) is 5.83. The minimum Gasteiger partial charge on any atom is -0.452 e. The van der Waals surface area contributed by atoms with Crippen LogP contribution in [0, 0.1) is 20.8 Å². The van der Waals surface area contributed by atoms with E-state index in [0.717, 1.165) is 22.5 Å². The van der Waals surface area contributed by atoms with E-state index in [1.54, 1.807) is 19.9 Å². The van der Waals surface area contributed by atoms with E-state index in [4.69, 9.17) is 4.74 Å². The standard InChI is InChI=1S/C24H29N5O5/c1-6-24(5)22(32)29(23(33)25-24)27-20(30)14-34-21(31)12-11-19-16(3)26-28(17(19)4)13-18-9-7-15(2)8-10-18/h7-12H,6,13-14H2,1-5H3,(H,25,33)(H,27,30)/b12-11+. The maximum absolute atomic E-state index is 12.3. The highest BCUT2D eigenvalue weighted by molar-refractivity contribution is 6.07. The number of carbonyl (C=O) groups excluding carboxylic acids is 4. The molecule has 0 spiro atoms. The lowest BCUT2D eigenvalue weighted by atomic mass is 10.00. The van der Waals surface area contributed by atoms with Crippen molar-refractivity contribution in [1.82, 2.24) is 25.5 Å². The van der Waals surface area contributed by atoms with Crippen LogP contribution in [0.3, 0.4) is 0 Å². The van der Waals surface area contributed by atoms with Gasteiger partial charge >= 0.3 is 12.0 Å². The van der Waals surface area contributed by atoms with Crippen molar-refractivity contribution in [3.63, 3.8) is 0 Å². The van der Waals surface area contributed by atoms with Gasteiger partial charge in [-0.1, -0.05) is 36.8 Å². The van der Waals surface area contributed by atoms with Crippen LogP contribution in [0.4, 0.5) is 4.79 Å². The number of urea groups is 1. The second-order valence-corrected chi connectivity index (χ2v) is 8.46. The number of carbonyl (C=O) groups is 4. The fourth-order valence-electron chi connectivity index (χ4n) is 3.49. The smallest absolute Gasteiger partial charge is 0.344 e. The third kappa shape index (κ3) is 5.33. The van der Waals surface area contributed by atoms with E-state index in [1.165, 1.54) is 11.6 Å². The fourth-order valence-corrected chi connectivity index (χ4v) is 3.49. The fraction of sp³-hybridized carbons (Fsp3) is 0.375. The van der Waals surface area contributed by atoms with Crippen molar-refractivity contribution in [3.05, 3.63) is 58.4 Å². The number of imide groups is 1. The molecule has 1 atom stereocenters. The number of aryl methyl sites for hydroxylation is 2. The van der Waals surface area contributed by atoms with Gasteiger partial charge in [-0.3, -0.25) is 19.7 Å². The molecule has 10 nitrogen and oxygen atoms in total. The number of aromatic nitrogens is 2. The van der Waals surface area contributed by atoms with Crippen molar-refractivity contribution in [3.8, 4) is 0 Å². The topological polar surface area (TPSA) is 123 Å². The zero-order valence-electron chi connectivity index (χ0n) is 20.0. The highest BCUT2D eigenvalue weighted by Crippen LogP contribution is 2.19. The average Bonchev–Trinajstić information content (AvgIpc) is 3.18. The molecule has 1 aliphatic heterocycles. The summed E-state index contributed by atoms with van der Waals surface area (Å²) in [5, 5.41) is 7.66. The molecule has 1 aromatic heterocycles. The van der Waals surface area contributed by atoms with Gasteiger partial charge in [-0.25, -0.2) is 9.59 Å². The number of hydrogen-bond donors (Lipinski definition) is 2. The lowest BCUT2D eigenvalue weighted by Gasteiger charge is -2.19. The van der Waals surface area contributed by atoms with Crippen molar-refractivity contribution in [1.29, 1.82) is 0 Å². The Hall–Kier alpha value is -3.95. The Morgan fingerprint density at radius 2 is 1.85 bits per heavy atom. The van der Waals surface area contributed by atoms with Crippen molar-refractivity contribution in [2.24, 2.45) is 0 Å². The van der Waals surface area contributed by atoms with E-state index in [0.29, 0.717) is 18.0 Å². The van der Waals surface area contributed by atoms with Crippen molar-refractivity contribution < 1.29 is 23.9 Å². The summed E-state index contributed by atoms with van der Waals surface area (Å²) in [6.07, 6.45) is 3.17. The highest BCUT2D eigenvalue weighted by atomic mass is 16.5. The SMILES string of the molecule is CCC1(C)NC(=O)N(NC(=O)COC(=O)/C=C/c2c(C)nn(Cc3ccc(C)cc3)c2C)C1=O. The molecule has 3 rings (SSSR count). The summed E-state index contributed by atoms with van der Waals surface area (Å²) >= 11 is 0. The maximum Gasteiger partial charge on any atom is 0.344 e. The third-order valence-corrected chi connectivity index (χ3v) is 5.83. The molecular weight excluding hydrogens is 438 g/mol. The van der Waals surface area contributed by atoms with Gasteiger partial charge < -0.3 is 10.1 Å². The Labute approximate surface area is 197 Å². The molecule has 10 heteroatoms. The lowest BCUT2D eigenvalue weighted by molar-refractivity contribution is -0.147. The molecule has 0 radical (unpaired) electrons. The van der Waals surface area contributed by atoms with E-state index in [2.05, 4.69) is 15.8 Å². The Kier molecular flexibility index (Phi) is 7.19. The molecule has 0 aliphatic carbocycles. The zero-order valence-corrected chi connectivity index (χ0v) is 20.0.